The highest BCUT2D eigenvalue weighted by atomic mass is 16.4. The summed E-state index contributed by atoms with van der Waals surface area (Å²) < 4.78 is 1.74. The lowest BCUT2D eigenvalue weighted by Crippen LogP contribution is -2.32. The van der Waals surface area contributed by atoms with Crippen LogP contribution in [0.25, 0.3) is 0 Å². The van der Waals surface area contributed by atoms with E-state index in [2.05, 4.69) is 6.72 Å². The first kappa shape index (κ1) is 8.77. The molecule has 0 aromatic carbocycles. The molecule has 0 aromatic rings. The molecule has 4 heteroatoms. The third-order valence-corrected chi connectivity index (χ3v) is 1.84. The van der Waals surface area contributed by atoms with Crippen molar-refractivity contribution in [1.82, 2.24) is 5.01 Å². The van der Waals surface area contributed by atoms with Gasteiger partial charge in [0.05, 0.1) is 18.7 Å². The van der Waals surface area contributed by atoms with Crippen molar-refractivity contribution in [3.05, 3.63) is 12.3 Å². The van der Waals surface area contributed by atoms with Gasteiger partial charge in [-0.1, -0.05) is 0 Å². The zero-order valence-electron chi connectivity index (χ0n) is 7.10. The van der Waals surface area contributed by atoms with Gasteiger partial charge in [-0.3, -0.25) is 4.79 Å². The Balaban J connectivity index is 2.45. The molecule has 0 amide bonds. The van der Waals surface area contributed by atoms with Crippen molar-refractivity contribution < 1.29 is 14.6 Å². The minimum atomic E-state index is -0.774. The van der Waals surface area contributed by atoms with Gasteiger partial charge in [-0.15, -0.1) is 4.68 Å². The lowest BCUT2D eigenvalue weighted by atomic mass is 10.2. The summed E-state index contributed by atoms with van der Waals surface area (Å²) in [4.78, 5) is 10.5. The molecule has 0 bridgehead atoms. The van der Waals surface area contributed by atoms with Gasteiger partial charge in [0.15, 0.2) is 13.3 Å². The number of aliphatic carboxylic acids is 1. The van der Waals surface area contributed by atoms with E-state index in [1.807, 2.05) is 12.3 Å². The average molecular weight is 169 g/mol. The number of hydrogen-bond donors (Lipinski definition) is 1. The Hall–Kier alpha value is -1.32. The fourth-order valence-corrected chi connectivity index (χ4v) is 1.02. The van der Waals surface area contributed by atoms with E-state index in [0.717, 1.165) is 6.54 Å². The third kappa shape index (κ3) is 1.84. The topological polar surface area (TPSA) is 43.5 Å². The molecule has 0 aromatic heterocycles. The lowest BCUT2D eigenvalue weighted by molar-refractivity contribution is -0.653. The summed E-state index contributed by atoms with van der Waals surface area (Å²) in [7, 11) is 0. The number of nitrogens with zero attached hydrogens (tertiary/aromatic N) is 2. The number of hydrazone groups is 1. The molecule has 66 valence electrons. The number of rotatable bonds is 3. The summed E-state index contributed by atoms with van der Waals surface area (Å²) >= 11 is 0. The van der Waals surface area contributed by atoms with E-state index in [4.69, 9.17) is 5.11 Å². The van der Waals surface area contributed by atoms with Gasteiger partial charge in [0, 0.05) is 6.08 Å². The maximum absolute atomic E-state index is 10.5. The van der Waals surface area contributed by atoms with E-state index in [1.165, 1.54) is 0 Å². The van der Waals surface area contributed by atoms with Crippen LogP contribution < -0.4 is 0 Å². The molecule has 1 rings (SSSR count). The number of hydrazine groups is 1. The van der Waals surface area contributed by atoms with Crippen LogP contribution in [0.1, 0.15) is 6.92 Å². The second kappa shape index (κ2) is 3.38. The molecule has 1 unspecified atom stereocenters. The minimum Gasteiger partial charge on any atom is -0.481 e. The van der Waals surface area contributed by atoms with E-state index in [0.29, 0.717) is 6.54 Å². The zero-order chi connectivity index (χ0) is 9.14. The van der Waals surface area contributed by atoms with Crippen molar-refractivity contribution in [3.8, 4) is 0 Å². The Morgan fingerprint density at radius 3 is 3.00 bits per heavy atom. The highest BCUT2D eigenvalue weighted by Crippen LogP contribution is 2.05. The van der Waals surface area contributed by atoms with Gasteiger partial charge in [-0.2, -0.15) is 5.01 Å². The summed E-state index contributed by atoms with van der Waals surface area (Å²) in [5.74, 6) is -1.14. The molecule has 0 fully saturated rings. The molecule has 1 aliphatic heterocycles. The van der Waals surface area contributed by atoms with Crippen molar-refractivity contribution in [2.24, 2.45) is 5.92 Å². The molecule has 0 radical (unpaired) electrons. The van der Waals surface area contributed by atoms with Crippen LogP contribution in [-0.2, 0) is 4.79 Å². The van der Waals surface area contributed by atoms with Crippen molar-refractivity contribution >= 4 is 12.7 Å². The Labute approximate surface area is 71.4 Å². The van der Waals surface area contributed by atoms with Gasteiger partial charge in [0.1, 0.15) is 0 Å². The number of carboxylic acids is 1. The fraction of sp³-hybridized carbons (Fsp3) is 0.500. The number of hydrogen-bond acceptors (Lipinski definition) is 2. The summed E-state index contributed by atoms with van der Waals surface area (Å²) in [5.41, 5.74) is 0. The minimum absolute atomic E-state index is 0.364. The molecule has 0 aliphatic carbocycles. The predicted octanol–water partition coefficient (Wildman–Crippen LogP) is 0.165. The number of carboxylic acid groups (broad SMARTS) is 1. The van der Waals surface area contributed by atoms with Gasteiger partial charge < -0.3 is 5.11 Å². The maximum atomic E-state index is 10.5. The van der Waals surface area contributed by atoms with Gasteiger partial charge in [-0.25, -0.2) is 0 Å². The van der Waals surface area contributed by atoms with Crippen LogP contribution in [0.15, 0.2) is 12.3 Å². The van der Waals surface area contributed by atoms with Crippen molar-refractivity contribution in [3.63, 3.8) is 0 Å². The average Bonchev–Trinajstić information content (AvgIpc) is 2.36. The maximum Gasteiger partial charge on any atom is 0.308 e. The first-order chi connectivity index (χ1) is 5.61. The second-order valence-corrected chi connectivity index (χ2v) is 2.94. The van der Waals surface area contributed by atoms with Crippen LogP contribution >= 0.6 is 0 Å². The fourth-order valence-electron chi connectivity index (χ4n) is 1.02. The van der Waals surface area contributed by atoms with Crippen LogP contribution in [0.3, 0.4) is 0 Å². The Kier molecular flexibility index (Phi) is 2.47. The molecular weight excluding hydrogens is 156 g/mol. The van der Waals surface area contributed by atoms with Crippen LogP contribution in [-0.4, -0.2) is 40.6 Å². The Bertz CT molecular complexity index is 235. The van der Waals surface area contributed by atoms with Crippen LogP contribution in [0, 0.1) is 5.92 Å². The second-order valence-electron chi connectivity index (χ2n) is 2.94. The van der Waals surface area contributed by atoms with Gasteiger partial charge >= 0.3 is 5.97 Å². The van der Waals surface area contributed by atoms with E-state index in [1.54, 1.807) is 16.6 Å². The normalized spacial score (nSPS) is 18.4. The summed E-state index contributed by atoms with van der Waals surface area (Å²) in [6, 6.07) is 0. The molecule has 0 saturated carbocycles. The van der Waals surface area contributed by atoms with E-state index in [-0.39, 0.29) is 5.92 Å². The SMILES string of the molecule is C=[N+]1CC=CN1CC(C)C(=O)O. The largest absolute Gasteiger partial charge is 0.481 e. The standard InChI is InChI=1S/C8H12N2O2/c1-7(8(11)12)6-10-5-3-4-9(10)2/h3,5,7H,2,4,6H2,1H3/p+1. The van der Waals surface area contributed by atoms with Gasteiger partial charge in [0.25, 0.3) is 0 Å². The molecular formula is C8H13N2O2+. The predicted molar refractivity (Wildman–Crippen MR) is 44.9 cm³/mol. The quantitative estimate of drug-likeness (QED) is 0.612. The van der Waals surface area contributed by atoms with Crippen molar-refractivity contribution in [1.29, 1.82) is 0 Å². The van der Waals surface area contributed by atoms with Crippen LogP contribution in [0.2, 0.25) is 0 Å². The van der Waals surface area contributed by atoms with E-state index >= 15 is 0 Å². The van der Waals surface area contributed by atoms with Crippen molar-refractivity contribution in [2.75, 3.05) is 13.1 Å². The molecule has 12 heavy (non-hydrogen) atoms. The monoisotopic (exact) mass is 169 g/mol. The molecule has 0 saturated heterocycles. The lowest BCUT2D eigenvalue weighted by Gasteiger charge is -2.13. The van der Waals surface area contributed by atoms with Gasteiger partial charge in [0.2, 0.25) is 0 Å². The molecule has 4 nitrogen and oxygen atoms in total. The first-order valence-corrected chi connectivity index (χ1v) is 3.85. The Morgan fingerprint density at radius 1 is 1.92 bits per heavy atom. The molecule has 1 atom stereocenters. The van der Waals surface area contributed by atoms with E-state index in [9.17, 15) is 4.79 Å². The molecule has 0 spiro atoms. The first-order valence-electron chi connectivity index (χ1n) is 3.85. The molecule has 1 aliphatic rings. The molecule has 1 heterocycles. The summed E-state index contributed by atoms with van der Waals surface area (Å²) in [6.07, 6.45) is 3.80. The zero-order valence-corrected chi connectivity index (χ0v) is 7.10. The number of carbonyl (C=O) groups is 1. The third-order valence-electron chi connectivity index (χ3n) is 1.84. The van der Waals surface area contributed by atoms with Crippen LogP contribution in [0.4, 0.5) is 0 Å². The highest BCUT2D eigenvalue weighted by Gasteiger charge is 2.21. The smallest absolute Gasteiger partial charge is 0.308 e. The summed E-state index contributed by atoms with van der Waals surface area (Å²) in [6.45, 7) is 6.66. The Morgan fingerprint density at radius 2 is 2.58 bits per heavy atom. The van der Waals surface area contributed by atoms with Crippen LogP contribution in [0.5, 0.6) is 0 Å². The summed E-state index contributed by atoms with van der Waals surface area (Å²) in [5, 5.41) is 10.4. The van der Waals surface area contributed by atoms with E-state index < -0.39 is 5.97 Å². The highest BCUT2D eigenvalue weighted by molar-refractivity contribution is 5.69. The molecule has 1 N–H and O–H groups in total. The van der Waals surface area contributed by atoms with Crippen molar-refractivity contribution in [2.45, 2.75) is 6.92 Å². The van der Waals surface area contributed by atoms with Gasteiger partial charge in [-0.05, 0) is 6.92 Å².